The Morgan fingerprint density at radius 2 is 1.63 bits per heavy atom. The van der Waals surface area contributed by atoms with Crippen LogP contribution in [0.5, 0.6) is 5.75 Å². The van der Waals surface area contributed by atoms with E-state index in [-0.39, 0.29) is 17.5 Å². The number of aromatic nitrogens is 2. The Balaban J connectivity index is 1.39. The van der Waals surface area contributed by atoms with E-state index in [0.717, 1.165) is 65.0 Å². The number of carboxylic acid groups (broad SMARTS) is 1. The van der Waals surface area contributed by atoms with Crippen molar-refractivity contribution in [1.82, 2.24) is 14.9 Å². The van der Waals surface area contributed by atoms with Gasteiger partial charge in [0.1, 0.15) is 5.82 Å². The average Bonchev–Trinajstić information content (AvgIpc) is 2.99. The minimum atomic E-state index is -1.15. The molecule has 2 N–H and O–H groups in total. The lowest BCUT2D eigenvalue weighted by Crippen LogP contribution is -2.36. The molecule has 0 bridgehead atoms. The zero-order valence-electron chi connectivity index (χ0n) is 27.4. The van der Waals surface area contributed by atoms with E-state index in [1.54, 1.807) is 18.2 Å². The van der Waals surface area contributed by atoms with Gasteiger partial charge in [0.2, 0.25) is 5.95 Å². The summed E-state index contributed by atoms with van der Waals surface area (Å²) in [7, 11) is 0. The largest absolute Gasteiger partial charge is 0.490 e. The van der Waals surface area contributed by atoms with Crippen LogP contribution in [0.25, 0.3) is 0 Å². The number of likely N-dealkylation sites (tertiary alicyclic amines) is 1. The fraction of sp³-hybridized carbons (Fsp3) is 0.378. The molecule has 0 saturated carbocycles. The molecule has 1 amide bonds. The molecule has 1 unspecified atom stereocenters. The maximum Gasteiger partial charge on any atom is 0.413 e. The Morgan fingerprint density at radius 1 is 0.957 bits per heavy atom. The van der Waals surface area contributed by atoms with Gasteiger partial charge in [0.15, 0.2) is 11.6 Å². The molecule has 242 valence electrons. The molecule has 1 aliphatic heterocycles. The van der Waals surface area contributed by atoms with Crippen molar-refractivity contribution in [3.8, 4) is 5.75 Å². The second-order valence-corrected chi connectivity index (χ2v) is 12.4. The summed E-state index contributed by atoms with van der Waals surface area (Å²) < 4.78 is 20.7. The summed E-state index contributed by atoms with van der Waals surface area (Å²) >= 11 is 0. The summed E-state index contributed by atoms with van der Waals surface area (Å²) in [4.78, 5) is 25.7. The third-order valence-electron chi connectivity index (χ3n) is 8.44. The van der Waals surface area contributed by atoms with Crippen LogP contribution in [0, 0.1) is 40.4 Å². The number of rotatable bonds is 11. The number of piperidine rings is 1. The van der Waals surface area contributed by atoms with Crippen LogP contribution in [0.4, 0.5) is 26.6 Å². The average molecular weight is 626 g/mol. The number of aryl methyl sites for hydroxylation is 5. The van der Waals surface area contributed by atoms with Crippen LogP contribution in [0.2, 0.25) is 0 Å². The van der Waals surface area contributed by atoms with Gasteiger partial charge in [-0.1, -0.05) is 53.4 Å². The van der Waals surface area contributed by atoms with Crippen LogP contribution in [0.15, 0.2) is 60.8 Å². The number of hydrogen-bond acceptors (Lipinski definition) is 6. The van der Waals surface area contributed by atoms with E-state index in [9.17, 15) is 14.3 Å². The number of hydrogen-bond donors (Lipinski definition) is 2. The molecule has 9 heteroatoms. The van der Waals surface area contributed by atoms with Gasteiger partial charge in [-0.25, -0.2) is 19.1 Å². The number of anilines is 3. The molecule has 1 fully saturated rings. The van der Waals surface area contributed by atoms with Crippen LogP contribution in [0.1, 0.15) is 70.7 Å². The molecule has 1 aromatic heterocycles. The van der Waals surface area contributed by atoms with Gasteiger partial charge in [-0.15, -0.1) is 0 Å². The minimum absolute atomic E-state index is 0.148. The zero-order valence-corrected chi connectivity index (χ0v) is 27.4. The van der Waals surface area contributed by atoms with Gasteiger partial charge in [-0.3, -0.25) is 0 Å². The monoisotopic (exact) mass is 625 g/mol. The van der Waals surface area contributed by atoms with E-state index in [0.29, 0.717) is 12.3 Å². The van der Waals surface area contributed by atoms with E-state index in [4.69, 9.17) is 4.74 Å². The zero-order chi connectivity index (χ0) is 32.8. The van der Waals surface area contributed by atoms with Gasteiger partial charge in [-0.2, -0.15) is 4.98 Å². The highest BCUT2D eigenvalue weighted by Crippen LogP contribution is 2.37. The van der Waals surface area contributed by atoms with E-state index in [2.05, 4.69) is 38.4 Å². The highest BCUT2D eigenvalue weighted by atomic mass is 19.1. The van der Waals surface area contributed by atoms with Gasteiger partial charge in [0, 0.05) is 24.5 Å². The predicted octanol–water partition coefficient (Wildman–Crippen LogP) is 8.43. The first-order chi connectivity index (χ1) is 22.1. The molecule has 0 spiro atoms. The van der Waals surface area contributed by atoms with Crippen LogP contribution < -0.4 is 15.0 Å². The Kier molecular flexibility index (Phi) is 10.5. The molecule has 0 aliphatic carbocycles. The van der Waals surface area contributed by atoms with Crippen molar-refractivity contribution in [1.29, 1.82) is 0 Å². The fourth-order valence-corrected chi connectivity index (χ4v) is 6.60. The topological polar surface area (TPSA) is 90.8 Å². The van der Waals surface area contributed by atoms with Crippen LogP contribution >= 0.6 is 0 Å². The van der Waals surface area contributed by atoms with Crippen molar-refractivity contribution < 1.29 is 19.0 Å². The lowest BCUT2D eigenvalue weighted by Gasteiger charge is -2.32. The van der Waals surface area contributed by atoms with Gasteiger partial charge in [-0.05, 0) is 107 Å². The third kappa shape index (κ3) is 8.01. The first-order valence-corrected chi connectivity index (χ1v) is 16.0. The molecule has 1 aliphatic rings. The first-order valence-electron chi connectivity index (χ1n) is 16.0. The van der Waals surface area contributed by atoms with E-state index >= 15 is 0 Å². The molecule has 46 heavy (non-hydrogen) atoms. The van der Waals surface area contributed by atoms with E-state index in [1.807, 2.05) is 46.8 Å². The Hall–Kier alpha value is -4.50. The maximum absolute atomic E-state index is 15.0. The number of amides is 1. The van der Waals surface area contributed by atoms with Crippen molar-refractivity contribution >= 4 is 23.5 Å². The number of benzene rings is 3. The van der Waals surface area contributed by atoms with Crippen molar-refractivity contribution in [3.05, 3.63) is 106 Å². The Morgan fingerprint density at radius 3 is 2.28 bits per heavy atom. The maximum atomic E-state index is 15.0. The third-order valence-corrected chi connectivity index (χ3v) is 8.44. The van der Waals surface area contributed by atoms with Crippen LogP contribution in [0.3, 0.4) is 0 Å². The number of nitrogens with zero attached hydrogens (tertiary/aromatic N) is 4. The van der Waals surface area contributed by atoms with Gasteiger partial charge in [0.05, 0.1) is 12.6 Å². The number of nitrogens with one attached hydrogen (secondary N) is 1. The Labute approximate surface area is 271 Å². The molecule has 1 atom stereocenters. The van der Waals surface area contributed by atoms with Crippen LogP contribution in [-0.4, -0.2) is 52.3 Å². The van der Waals surface area contributed by atoms with E-state index < -0.39 is 18.0 Å². The second-order valence-electron chi connectivity index (χ2n) is 12.4. The highest BCUT2D eigenvalue weighted by molar-refractivity contribution is 5.87. The first kappa shape index (κ1) is 32.9. The molecule has 5 rings (SSSR count). The van der Waals surface area contributed by atoms with Crippen molar-refractivity contribution in [2.75, 3.05) is 36.5 Å². The molecule has 1 saturated heterocycles. The SMILES string of the molecule is Cc1cc(C)cc(C(c2c(C)cc(C)cc2C)N(C(=O)O)c2ccnc(Nc3ccc(OCCCN4CCCCC4)c(F)c3)n2)c1. The standard InChI is InChI=1S/C37H44FN5O3/c1-24-18-25(2)22-29(21-24)35(34-27(4)19-26(3)20-28(34)5)43(37(44)45)33-12-13-39-36(41-33)40-30-10-11-32(31(38)23-30)46-17-9-16-42-14-7-6-8-15-42/h10-13,18-23,35H,6-9,14-17H2,1-5H3,(H,44,45)(H,39,40,41). The summed E-state index contributed by atoms with van der Waals surface area (Å²) in [5.74, 6) is 0.0417. The minimum Gasteiger partial charge on any atom is -0.490 e. The van der Waals surface area contributed by atoms with Crippen molar-refractivity contribution in [3.63, 3.8) is 0 Å². The highest BCUT2D eigenvalue weighted by Gasteiger charge is 2.32. The smallest absolute Gasteiger partial charge is 0.413 e. The number of halogens is 1. The van der Waals surface area contributed by atoms with Crippen LogP contribution in [-0.2, 0) is 0 Å². The molecular formula is C37H44FN5O3. The van der Waals surface area contributed by atoms with Crippen molar-refractivity contribution in [2.24, 2.45) is 0 Å². The quantitative estimate of drug-likeness (QED) is 0.162. The normalized spacial score (nSPS) is 14.1. The van der Waals surface area contributed by atoms with Gasteiger partial charge in [0.25, 0.3) is 0 Å². The van der Waals surface area contributed by atoms with Crippen molar-refractivity contribution in [2.45, 2.75) is 66.3 Å². The summed E-state index contributed by atoms with van der Waals surface area (Å²) in [6, 6.07) is 15.8. The van der Waals surface area contributed by atoms with Gasteiger partial charge >= 0.3 is 6.09 Å². The van der Waals surface area contributed by atoms with Gasteiger partial charge < -0.3 is 20.1 Å². The molecule has 3 aromatic carbocycles. The summed E-state index contributed by atoms with van der Waals surface area (Å²) in [5.41, 5.74) is 7.33. The Bertz CT molecular complexity index is 1640. The number of carbonyl (C=O) groups is 1. The summed E-state index contributed by atoms with van der Waals surface area (Å²) in [5, 5.41) is 13.7. The summed E-state index contributed by atoms with van der Waals surface area (Å²) in [6.07, 6.45) is 4.97. The molecule has 2 heterocycles. The lowest BCUT2D eigenvalue weighted by molar-refractivity contribution is 0.200. The predicted molar refractivity (Wildman–Crippen MR) is 181 cm³/mol. The molecule has 8 nitrogen and oxygen atoms in total. The molecule has 4 aromatic rings. The number of ether oxygens (including phenoxy) is 1. The molecule has 0 radical (unpaired) electrons. The molecular weight excluding hydrogens is 581 g/mol. The second kappa shape index (κ2) is 14.7. The fourth-order valence-electron chi connectivity index (χ4n) is 6.60. The van der Waals surface area contributed by atoms with E-state index in [1.165, 1.54) is 36.4 Å². The summed E-state index contributed by atoms with van der Waals surface area (Å²) in [6.45, 7) is 13.7. The lowest BCUT2D eigenvalue weighted by atomic mass is 9.87.